The monoisotopic (exact) mass is 314 g/mol. The Morgan fingerprint density at radius 2 is 2.23 bits per heavy atom. The number of para-hydroxylation sites is 2. The molecule has 2 aromatic heterocycles. The van der Waals surface area contributed by atoms with Gasteiger partial charge in [-0.3, -0.25) is 10.1 Å². The van der Waals surface area contributed by atoms with Crippen molar-refractivity contribution < 1.29 is 9.21 Å². The maximum atomic E-state index is 11.8. The predicted molar refractivity (Wildman–Crippen MR) is 86.1 cm³/mol. The zero-order valence-electron chi connectivity index (χ0n) is 11.7. The van der Waals surface area contributed by atoms with Crippen LogP contribution in [0.4, 0.5) is 6.01 Å². The second-order valence-corrected chi connectivity index (χ2v) is 5.42. The molecule has 6 nitrogen and oxygen atoms in total. The molecule has 112 valence electrons. The number of carbonyl (C=O) groups is 1. The minimum atomic E-state index is -0.191. The van der Waals surface area contributed by atoms with E-state index in [0.29, 0.717) is 23.9 Å². The van der Waals surface area contributed by atoms with Crippen LogP contribution in [0.3, 0.4) is 0 Å². The lowest BCUT2D eigenvalue weighted by Gasteiger charge is -2.02. The second-order valence-electron chi connectivity index (χ2n) is 4.64. The number of oxazole rings is 1. The molecular weight excluding hydrogens is 300 g/mol. The van der Waals surface area contributed by atoms with Gasteiger partial charge in [-0.05, 0) is 40.9 Å². The summed E-state index contributed by atoms with van der Waals surface area (Å²) in [5, 5.41) is 6.53. The van der Waals surface area contributed by atoms with Gasteiger partial charge in [0.1, 0.15) is 5.52 Å². The molecule has 7 heteroatoms. The molecular formula is C15H14N4O2S. The summed E-state index contributed by atoms with van der Waals surface area (Å²) in [6, 6.07) is 9.42. The Morgan fingerprint density at radius 1 is 1.36 bits per heavy atom. The number of aryl methyl sites for hydroxylation is 1. The van der Waals surface area contributed by atoms with Gasteiger partial charge in [0, 0.05) is 6.42 Å². The van der Waals surface area contributed by atoms with Gasteiger partial charge < -0.3 is 10.2 Å². The first-order chi connectivity index (χ1) is 10.7. The molecule has 0 aliphatic carbocycles. The van der Waals surface area contributed by atoms with Crippen LogP contribution in [0.15, 0.2) is 50.5 Å². The van der Waals surface area contributed by atoms with Crippen molar-refractivity contribution in [3.8, 4) is 0 Å². The Balaban J connectivity index is 1.60. The van der Waals surface area contributed by atoms with Crippen LogP contribution >= 0.6 is 11.3 Å². The molecule has 0 spiro atoms. The van der Waals surface area contributed by atoms with Crippen LogP contribution in [0.5, 0.6) is 0 Å². The number of nitrogens with one attached hydrogen (secondary N) is 1. The molecule has 3 N–H and O–H groups in total. The van der Waals surface area contributed by atoms with E-state index < -0.39 is 0 Å². The fourth-order valence-corrected chi connectivity index (χ4v) is 2.64. The molecule has 0 atom stereocenters. The maximum Gasteiger partial charge on any atom is 0.325 e. The molecule has 0 saturated heterocycles. The van der Waals surface area contributed by atoms with E-state index in [1.807, 2.05) is 35.0 Å². The fraction of sp³-hybridized carbons (Fsp3) is 0.133. The van der Waals surface area contributed by atoms with Crippen molar-refractivity contribution in [2.24, 2.45) is 10.7 Å². The van der Waals surface area contributed by atoms with Crippen molar-refractivity contribution >= 4 is 40.3 Å². The smallest absolute Gasteiger partial charge is 0.325 e. The van der Waals surface area contributed by atoms with E-state index in [0.717, 1.165) is 5.56 Å². The summed E-state index contributed by atoms with van der Waals surface area (Å²) in [5.41, 5.74) is 8.15. The summed E-state index contributed by atoms with van der Waals surface area (Å²) in [4.78, 5) is 19.9. The molecule has 0 unspecified atom stereocenters. The van der Waals surface area contributed by atoms with E-state index in [1.165, 1.54) is 0 Å². The van der Waals surface area contributed by atoms with Crippen LogP contribution in [0.25, 0.3) is 11.1 Å². The third kappa shape index (κ3) is 3.50. The topological polar surface area (TPSA) is 93.5 Å². The zero-order valence-corrected chi connectivity index (χ0v) is 12.5. The number of thiophene rings is 1. The van der Waals surface area contributed by atoms with Gasteiger partial charge in [-0.1, -0.05) is 12.1 Å². The van der Waals surface area contributed by atoms with Gasteiger partial charge in [-0.25, -0.2) is 0 Å². The Hall–Kier alpha value is -2.67. The average Bonchev–Trinajstić information content (AvgIpc) is 3.13. The highest BCUT2D eigenvalue weighted by atomic mass is 32.1. The zero-order chi connectivity index (χ0) is 15.4. The standard InChI is InChI=1S/C15H14N4O2S/c16-14(18-13(20)6-5-10-7-8-22-9-10)19-15-17-11-3-1-2-4-12(11)21-15/h1-4,7-9H,5-6H2,(H3,16,17,18,19,20). The number of hydrogen-bond donors (Lipinski definition) is 2. The lowest BCUT2D eigenvalue weighted by atomic mass is 10.2. The molecule has 0 bridgehead atoms. The minimum Gasteiger partial charge on any atom is -0.422 e. The third-order valence-electron chi connectivity index (χ3n) is 2.99. The summed E-state index contributed by atoms with van der Waals surface area (Å²) < 4.78 is 5.41. The number of rotatable bonds is 4. The molecule has 3 rings (SSSR count). The van der Waals surface area contributed by atoms with E-state index in [-0.39, 0.29) is 17.9 Å². The predicted octanol–water partition coefficient (Wildman–Crippen LogP) is 2.58. The highest BCUT2D eigenvalue weighted by Crippen LogP contribution is 2.19. The van der Waals surface area contributed by atoms with Crippen molar-refractivity contribution in [3.63, 3.8) is 0 Å². The maximum absolute atomic E-state index is 11.8. The van der Waals surface area contributed by atoms with Crippen LogP contribution in [0.1, 0.15) is 12.0 Å². The molecule has 3 aromatic rings. The van der Waals surface area contributed by atoms with Crippen LogP contribution in [-0.2, 0) is 11.2 Å². The van der Waals surface area contributed by atoms with E-state index in [1.54, 1.807) is 17.4 Å². The lowest BCUT2D eigenvalue weighted by molar-refractivity contribution is -0.119. The highest BCUT2D eigenvalue weighted by molar-refractivity contribution is 7.07. The number of fused-ring (bicyclic) bond motifs is 1. The van der Waals surface area contributed by atoms with E-state index in [4.69, 9.17) is 10.2 Å². The fourth-order valence-electron chi connectivity index (χ4n) is 1.94. The molecule has 1 aromatic carbocycles. The van der Waals surface area contributed by atoms with Gasteiger partial charge in [-0.2, -0.15) is 21.3 Å². The number of aliphatic imine (C=N–C) groups is 1. The summed E-state index contributed by atoms with van der Waals surface area (Å²) in [5.74, 6) is -0.217. The third-order valence-corrected chi connectivity index (χ3v) is 3.72. The van der Waals surface area contributed by atoms with Crippen molar-refractivity contribution in [1.82, 2.24) is 10.3 Å². The quantitative estimate of drug-likeness (QED) is 0.571. The van der Waals surface area contributed by atoms with Gasteiger partial charge in [-0.15, -0.1) is 0 Å². The number of hydrogen-bond acceptors (Lipinski definition) is 5. The van der Waals surface area contributed by atoms with Gasteiger partial charge >= 0.3 is 6.01 Å². The van der Waals surface area contributed by atoms with Gasteiger partial charge in [0.25, 0.3) is 0 Å². The SMILES string of the molecule is NC(=Nc1nc2ccccc2o1)NC(=O)CCc1ccsc1. The second kappa shape index (κ2) is 6.40. The summed E-state index contributed by atoms with van der Waals surface area (Å²) in [6.45, 7) is 0. The number of carbonyl (C=O) groups excluding carboxylic acids is 1. The van der Waals surface area contributed by atoms with Crippen LogP contribution < -0.4 is 11.1 Å². The van der Waals surface area contributed by atoms with Gasteiger partial charge in [0.05, 0.1) is 0 Å². The molecule has 0 fully saturated rings. The van der Waals surface area contributed by atoms with Crippen molar-refractivity contribution in [2.75, 3.05) is 0 Å². The van der Waals surface area contributed by atoms with E-state index in [2.05, 4.69) is 15.3 Å². The first-order valence-electron chi connectivity index (χ1n) is 6.71. The van der Waals surface area contributed by atoms with Crippen LogP contribution in [0, 0.1) is 0 Å². The molecule has 1 amide bonds. The molecule has 22 heavy (non-hydrogen) atoms. The van der Waals surface area contributed by atoms with Crippen molar-refractivity contribution in [1.29, 1.82) is 0 Å². The molecule has 2 heterocycles. The Kier molecular flexibility index (Phi) is 4.15. The number of nitrogens with zero attached hydrogens (tertiary/aromatic N) is 2. The number of nitrogens with two attached hydrogens (primary N) is 1. The lowest BCUT2D eigenvalue weighted by Crippen LogP contribution is -2.36. The highest BCUT2D eigenvalue weighted by Gasteiger charge is 2.07. The molecule has 0 saturated carbocycles. The van der Waals surface area contributed by atoms with Crippen molar-refractivity contribution in [3.05, 3.63) is 46.7 Å². The minimum absolute atomic E-state index is 0.0260. The number of aromatic nitrogens is 1. The Bertz CT molecular complexity index is 775. The van der Waals surface area contributed by atoms with Crippen molar-refractivity contribution in [2.45, 2.75) is 12.8 Å². The van der Waals surface area contributed by atoms with E-state index >= 15 is 0 Å². The summed E-state index contributed by atoms with van der Waals surface area (Å²) >= 11 is 1.61. The Morgan fingerprint density at radius 3 is 3.00 bits per heavy atom. The Labute approximate surface area is 130 Å². The first-order valence-corrected chi connectivity index (χ1v) is 7.65. The summed E-state index contributed by atoms with van der Waals surface area (Å²) in [6.07, 6.45) is 1.02. The molecule has 0 aliphatic rings. The first kappa shape index (κ1) is 14.3. The number of amides is 1. The van der Waals surface area contributed by atoms with Gasteiger partial charge in [0.2, 0.25) is 11.9 Å². The van der Waals surface area contributed by atoms with E-state index in [9.17, 15) is 4.79 Å². The largest absolute Gasteiger partial charge is 0.422 e. The number of guanidine groups is 1. The number of benzene rings is 1. The average molecular weight is 314 g/mol. The van der Waals surface area contributed by atoms with Gasteiger partial charge in [0.15, 0.2) is 5.58 Å². The normalized spacial score (nSPS) is 11.7. The van der Waals surface area contributed by atoms with Crippen LogP contribution in [-0.4, -0.2) is 16.9 Å². The van der Waals surface area contributed by atoms with Crippen LogP contribution in [0.2, 0.25) is 0 Å². The summed E-state index contributed by atoms with van der Waals surface area (Å²) in [7, 11) is 0. The molecule has 0 radical (unpaired) electrons. The molecule has 0 aliphatic heterocycles.